The summed E-state index contributed by atoms with van der Waals surface area (Å²) in [5, 5.41) is 0. The Bertz CT molecular complexity index is 604. The van der Waals surface area contributed by atoms with Crippen molar-refractivity contribution in [1.29, 1.82) is 0 Å². The van der Waals surface area contributed by atoms with E-state index in [4.69, 9.17) is 15.3 Å². The van der Waals surface area contributed by atoms with Gasteiger partial charge in [0.2, 0.25) is 0 Å². The maximum atomic E-state index is 5.74. The van der Waals surface area contributed by atoms with Crippen LogP contribution >= 0.6 is 43.2 Å². The summed E-state index contributed by atoms with van der Waals surface area (Å²) >= 11 is 8.64. The van der Waals surface area contributed by atoms with Crippen molar-refractivity contribution in [3.05, 3.63) is 43.0 Å². The zero-order valence-corrected chi connectivity index (χ0v) is 14.9. The second kappa shape index (κ2) is 6.91. The molecule has 0 amide bonds. The van der Waals surface area contributed by atoms with Gasteiger partial charge in [-0.1, -0.05) is 0 Å². The van der Waals surface area contributed by atoms with Crippen LogP contribution in [0.4, 0.5) is 0 Å². The number of methoxy groups -OCH3 is 2. The van der Waals surface area contributed by atoms with Gasteiger partial charge in [-0.3, -0.25) is 5.84 Å². The maximum Gasteiger partial charge on any atom is 0.127 e. The van der Waals surface area contributed by atoms with Gasteiger partial charge < -0.3 is 9.47 Å². The predicted octanol–water partition coefficient (Wildman–Crippen LogP) is 3.84. The molecule has 0 aliphatic heterocycles. The van der Waals surface area contributed by atoms with E-state index in [9.17, 15) is 0 Å². The number of ether oxygens (including phenoxy) is 2. The highest BCUT2D eigenvalue weighted by Gasteiger charge is 2.21. The number of benzene rings is 1. The van der Waals surface area contributed by atoms with Gasteiger partial charge in [0.15, 0.2) is 0 Å². The molecule has 7 heteroatoms. The number of nitrogens with one attached hydrogen (secondary N) is 1. The normalized spacial score (nSPS) is 12.2. The SMILES string of the molecule is COc1ccc(C(NN)c2cc(Br)sc2Br)c(OC)c1. The fraction of sp³-hybridized carbons (Fsp3) is 0.231. The standard InChI is InChI=1S/C13H14Br2N2O2S/c1-18-7-3-4-8(10(5-7)19-2)12(17-16)9-6-11(14)20-13(9)15/h3-6,12,17H,16H2,1-2H3. The number of nitrogens with two attached hydrogens (primary N) is 1. The van der Waals surface area contributed by atoms with Crippen LogP contribution in [0.25, 0.3) is 0 Å². The number of hydrogen-bond donors (Lipinski definition) is 2. The third-order valence-corrected chi connectivity index (χ3v) is 5.30. The number of halogens is 2. The van der Waals surface area contributed by atoms with Crippen LogP contribution < -0.4 is 20.7 Å². The van der Waals surface area contributed by atoms with Crippen LogP contribution in [0.2, 0.25) is 0 Å². The summed E-state index contributed by atoms with van der Waals surface area (Å²) in [5.41, 5.74) is 4.83. The zero-order valence-electron chi connectivity index (χ0n) is 10.9. The summed E-state index contributed by atoms with van der Waals surface area (Å²) in [6.45, 7) is 0. The molecule has 3 N–H and O–H groups in total. The molecule has 1 aromatic carbocycles. The second-order valence-corrected chi connectivity index (χ2v) is 7.74. The molecule has 0 aliphatic carbocycles. The average Bonchev–Trinajstić information content (AvgIpc) is 2.79. The van der Waals surface area contributed by atoms with Gasteiger partial charge in [0.05, 0.1) is 27.8 Å². The quantitative estimate of drug-likeness (QED) is 0.568. The Hall–Kier alpha value is -0.600. The van der Waals surface area contributed by atoms with E-state index in [1.54, 1.807) is 25.6 Å². The highest BCUT2D eigenvalue weighted by Crippen LogP contribution is 2.40. The molecule has 0 aliphatic rings. The molecule has 20 heavy (non-hydrogen) atoms. The lowest BCUT2D eigenvalue weighted by Gasteiger charge is -2.19. The molecule has 4 nitrogen and oxygen atoms in total. The molecule has 0 fully saturated rings. The van der Waals surface area contributed by atoms with Gasteiger partial charge >= 0.3 is 0 Å². The summed E-state index contributed by atoms with van der Waals surface area (Å²) in [6.07, 6.45) is 0. The van der Waals surface area contributed by atoms with Crippen LogP contribution in [0, 0.1) is 0 Å². The summed E-state index contributed by atoms with van der Waals surface area (Å²) in [5.74, 6) is 7.21. The van der Waals surface area contributed by atoms with Crippen LogP contribution in [0.1, 0.15) is 17.2 Å². The van der Waals surface area contributed by atoms with Crippen molar-refractivity contribution in [2.75, 3.05) is 14.2 Å². The topological polar surface area (TPSA) is 56.5 Å². The van der Waals surface area contributed by atoms with Crippen LogP contribution in [0.15, 0.2) is 31.8 Å². The Kier molecular flexibility index (Phi) is 5.45. The van der Waals surface area contributed by atoms with Crippen molar-refractivity contribution in [1.82, 2.24) is 5.43 Å². The minimum absolute atomic E-state index is 0.173. The second-order valence-electron chi connectivity index (χ2n) is 3.99. The Morgan fingerprint density at radius 3 is 2.40 bits per heavy atom. The maximum absolute atomic E-state index is 5.74. The number of rotatable bonds is 5. The Morgan fingerprint density at radius 2 is 1.90 bits per heavy atom. The van der Waals surface area contributed by atoms with E-state index in [1.165, 1.54) is 0 Å². The summed E-state index contributed by atoms with van der Waals surface area (Å²) in [7, 11) is 3.25. The fourth-order valence-corrected chi connectivity index (χ4v) is 4.86. The molecular weight excluding hydrogens is 408 g/mol. The molecule has 0 spiro atoms. The van der Waals surface area contributed by atoms with E-state index in [2.05, 4.69) is 37.3 Å². The van der Waals surface area contributed by atoms with Crippen LogP contribution in [-0.2, 0) is 0 Å². The van der Waals surface area contributed by atoms with Crippen molar-refractivity contribution < 1.29 is 9.47 Å². The van der Waals surface area contributed by atoms with Gasteiger partial charge in [0.25, 0.3) is 0 Å². The van der Waals surface area contributed by atoms with E-state index < -0.39 is 0 Å². The average molecular weight is 422 g/mol. The largest absolute Gasteiger partial charge is 0.497 e. The third-order valence-electron chi connectivity index (χ3n) is 2.91. The first-order chi connectivity index (χ1) is 9.60. The highest BCUT2D eigenvalue weighted by molar-refractivity contribution is 9.12. The monoisotopic (exact) mass is 420 g/mol. The van der Waals surface area contributed by atoms with Crippen LogP contribution in [-0.4, -0.2) is 14.2 Å². The van der Waals surface area contributed by atoms with E-state index in [-0.39, 0.29) is 6.04 Å². The molecule has 2 rings (SSSR count). The summed E-state index contributed by atoms with van der Waals surface area (Å²) in [6, 6.07) is 7.53. The molecule has 1 aromatic heterocycles. The predicted molar refractivity (Wildman–Crippen MR) is 88.4 cm³/mol. The van der Waals surface area contributed by atoms with Gasteiger partial charge in [-0.05, 0) is 50.1 Å². The first-order valence-corrected chi connectivity index (χ1v) is 8.13. The van der Waals surface area contributed by atoms with Crippen molar-refractivity contribution in [3.63, 3.8) is 0 Å². The lowest BCUT2D eigenvalue weighted by Crippen LogP contribution is -2.29. The molecule has 108 valence electrons. The van der Waals surface area contributed by atoms with Crippen molar-refractivity contribution >= 4 is 43.2 Å². The van der Waals surface area contributed by atoms with E-state index in [0.29, 0.717) is 0 Å². The smallest absolute Gasteiger partial charge is 0.127 e. The minimum atomic E-state index is -0.173. The Morgan fingerprint density at radius 1 is 1.15 bits per heavy atom. The lowest BCUT2D eigenvalue weighted by molar-refractivity contribution is 0.387. The first kappa shape index (κ1) is 15.8. The van der Waals surface area contributed by atoms with Gasteiger partial charge in [0, 0.05) is 17.2 Å². The molecule has 0 saturated carbocycles. The van der Waals surface area contributed by atoms with Crippen molar-refractivity contribution in [2.45, 2.75) is 6.04 Å². The minimum Gasteiger partial charge on any atom is -0.497 e. The van der Waals surface area contributed by atoms with Crippen molar-refractivity contribution in [2.24, 2.45) is 5.84 Å². The molecule has 2 aromatic rings. The number of thiophene rings is 1. The molecular formula is C13H14Br2N2O2S. The Labute approximate surface area is 138 Å². The number of hydrogen-bond acceptors (Lipinski definition) is 5. The third kappa shape index (κ3) is 3.17. The van der Waals surface area contributed by atoms with Crippen LogP contribution in [0.5, 0.6) is 11.5 Å². The Balaban J connectivity index is 2.49. The first-order valence-electron chi connectivity index (χ1n) is 5.73. The summed E-state index contributed by atoms with van der Waals surface area (Å²) in [4.78, 5) is 0. The van der Waals surface area contributed by atoms with E-state index >= 15 is 0 Å². The summed E-state index contributed by atoms with van der Waals surface area (Å²) < 4.78 is 12.7. The van der Waals surface area contributed by atoms with Gasteiger partial charge in [0.1, 0.15) is 11.5 Å². The van der Waals surface area contributed by atoms with Crippen molar-refractivity contribution in [3.8, 4) is 11.5 Å². The molecule has 0 radical (unpaired) electrons. The molecule has 0 saturated heterocycles. The van der Waals surface area contributed by atoms with E-state index in [1.807, 2.05) is 24.3 Å². The molecule has 1 atom stereocenters. The number of hydrazine groups is 1. The zero-order chi connectivity index (χ0) is 14.7. The van der Waals surface area contributed by atoms with Crippen LogP contribution in [0.3, 0.4) is 0 Å². The molecule has 1 unspecified atom stereocenters. The molecule has 0 bridgehead atoms. The van der Waals surface area contributed by atoms with Gasteiger partial charge in [-0.15, -0.1) is 11.3 Å². The highest BCUT2D eigenvalue weighted by atomic mass is 79.9. The van der Waals surface area contributed by atoms with E-state index in [0.717, 1.165) is 30.2 Å². The van der Waals surface area contributed by atoms with Gasteiger partial charge in [-0.25, -0.2) is 5.43 Å². The molecule has 1 heterocycles. The fourth-order valence-electron chi connectivity index (χ4n) is 1.95. The lowest BCUT2D eigenvalue weighted by atomic mass is 10.0. The van der Waals surface area contributed by atoms with Gasteiger partial charge in [-0.2, -0.15) is 0 Å².